The molecule has 0 radical (unpaired) electrons. The molecule has 1 aromatic carbocycles. The van der Waals surface area contributed by atoms with Crippen LogP contribution in [0.3, 0.4) is 0 Å². The molecule has 1 amide bonds. The average molecular weight is 234 g/mol. The minimum absolute atomic E-state index is 0.378. The lowest BCUT2D eigenvalue weighted by molar-refractivity contribution is 0.100. The van der Waals surface area contributed by atoms with Gasteiger partial charge in [-0.3, -0.25) is 4.79 Å². The Bertz CT molecular complexity index is 350. The number of primary amides is 1. The quantitative estimate of drug-likeness (QED) is 0.679. The van der Waals surface area contributed by atoms with Crippen molar-refractivity contribution in [2.75, 3.05) is 11.9 Å². The van der Waals surface area contributed by atoms with Gasteiger partial charge in [0.25, 0.3) is 0 Å². The van der Waals surface area contributed by atoms with Gasteiger partial charge in [0.1, 0.15) is 0 Å². The van der Waals surface area contributed by atoms with E-state index in [2.05, 4.69) is 12.2 Å². The smallest absolute Gasteiger partial charge is 0.248 e. The molecule has 1 rings (SSSR count). The average Bonchev–Trinajstić information content (AvgIpc) is 2.34. The number of nitrogens with two attached hydrogens (primary N) is 1. The fourth-order valence-corrected chi connectivity index (χ4v) is 1.74. The number of hydrogen-bond acceptors (Lipinski definition) is 2. The molecule has 0 spiro atoms. The SMILES string of the molecule is CCCCCCCNc1cccc(C(N)=O)c1. The maximum absolute atomic E-state index is 11.0. The Morgan fingerprint density at radius 3 is 2.71 bits per heavy atom. The molecule has 0 aliphatic heterocycles. The second-order valence-corrected chi connectivity index (χ2v) is 4.29. The van der Waals surface area contributed by atoms with Gasteiger partial charge in [-0.2, -0.15) is 0 Å². The highest BCUT2D eigenvalue weighted by Gasteiger charge is 2.00. The van der Waals surface area contributed by atoms with Crippen molar-refractivity contribution in [3.05, 3.63) is 29.8 Å². The molecule has 17 heavy (non-hydrogen) atoms. The van der Waals surface area contributed by atoms with Crippen molar-refractivity contribution in [2.45, 2.75) is 39.0 Å². The summed E-state index contributed by atoms with van der Waals surface area (Å²) in [5.74, 6) is -0.378. The first-order chi connectivity index (χ1) is 8.24. The zero-order valence-electron chi connectivity index (χ0n) is 10.5. The normalized spacial score (nSPS) is 10.2. The van der Waals surface area contributed by atoms with Gasteiger partial charge in [0.15, 0.2) is 0 Å². The predicted octanol–water partition coefficient (Wildman–Crippen LogP) is 3.17. The minimum Gasteiger partial charge on any atom is -0.385 e. The lowest BCUT2D eigenvalue weighted by atomic mass is 10.1. The summed E-state index contributed by atoms with van der Waals surface area (Å²) in [4.78, 5) is 11.0. The molecule has 1 aromatic rings. The fourth-order valence-electron chi connectivity index (χ4n) is 1.74. The third-order valence-corrected chi connectivity index (χ3v) is 2.76. The van der Waals surface area contributed by atoms with Gasteiger partial charge in [0.2, 0.25) is 5.91 Å². The van der Waals surface area contributed by atoms with Crippen LogP contribution in [0.25, 0.3) is 0 Å². The third-order valence-electron chi connectivity index (χ3n) is 2.76. The highest BCUT2D eigenvalue weighted by atomic mass is 16.1. The molecule has 3 N–H and O–H groups in total. The number of hydrogen-bond donors (Lipinski definition) is 2. The van der Waals surface area contributed by atoms with E-state index in [0.717, 1.165) is 12.2 Å². The number of carbonyl (C=O) groups excluding carboxylic acids is 1. The van der Waals surface area contributed by atoms with Crippen LogP contribution in [0.2, 0.25) is 0 Å². The van der Waals surface area contributed by atoms with E-state index in [1.807, 2.05) is 12.1 Å². The van der Waals surface area contributed by atoms with Gasteiger partial charge in [-0.25, -0.2) is 0 Å². The van der Waals surface area contributed by atoms with Crippen molar-refractivity contribution < 1.29 is 4.79 Å². The Labute approximate surface area is 103 Å². The summed E-state index contributed by atoms with van der Waals surface area (Å²) in [5, 5.41) is 3.31. The largest absolute Gasteiger partial charge is 0.385 e. The number of benzene rings is 1. The first-order valence-electron chi connectivity index (χ1n) is 6.37. The van der Waals surface area contributed by atoms with Crippen molar-refractivity contribution in [2.24, 2.45) is 5.73 Å². The Morgan fingerprint density at radius 1 is 1.24 bits per heavy atom. The highest BCUT2D eigenvalue weighted by molar-refractivity contribution is 5.93. The molecule has 0 saturated carbocycles. The molecule has 0 aromatic heterocycles. The van der Waals surface area contributed by atoms with Crippen LogP contribution in [0, 0.1) is 0 Å². The van der Waals surface area contributed by atoms with Crippen LogP contribution in [0.1, 0.15) is 49.4 Å². The molecule has 0 aliphatic carbocycles. The van der Waals surface area contributed by atoms with E-state index in [9.17, 15) is 4.79 Å². The van der Waals surface area contributed by atoms with Crippen LogP contribution in [-0.4, -0.2) is 12.5 Å². The van der Waals surface area contributed by atoms with Crippen LogP contribution in [0.15, 0.2) is 24.3 Å². The van der Waals surface area contributed by atoms with Crippen molar-refractivity contribution in [3.63, 3.8) is 0 Å². The summed E-state index contributed by atoms with van der Waals surface area (Å²) in [6.07, 6.45) is 6.32. The summed E-state index contributed by atoms with van der Waals surface area (Å²) in [6, 6.07) is 7.33. The predicted molar refractivity (Wildman–Crippen MR) is 72.2 cm³/mol. The first kappa shape index (κ1) is 13.6. The van der Waals surface area contributed by atoms with Crippen LogP contribution >= 0.6 is 0 Å². The summed E-state index contributed by atoms with van der Waals surface area (Å²) in [6.45, 7) is 3.17. The van der Waals surface area contributed by atoms with Gasteiger partial charge in [0.05, 0.1) is 0 Å². The molecular formula is C14H22N2O. The van der Waals surface area contributed by atoms with Crippen LogP contribution in [0.5, 0.6) is 0 Å². The summed E-state index contributed by atoms with van der Waals surface area (Å²) < 4.78 is 0. The maximum atomic E-state index is 11.0. The third kappa shape index (κ3) is 5.38. The summed E-state index contributed by atoms with van der Waals surface area (Å²) in [5.41, 5.74) is 6.75. The molecule has 3 heteroatoms. The molecule has 0 fully saturated rings. The minimum atomic E-state index is -0.378. The van der Waals surface area contributed by atoms with Gasteiger partial charge in [-0.05, 0) is 24.6 Å². The zero-order chi connectivity index (χ0) is 12.5. The number of unbranched alkanes of at least 4 members (excludes halogenated alkanes) is 4. The van der Waals surface area contributed by atoms with Crippen LogP contribution in [0.4, 0.5) is 5.69 Å². The molecule has 0 bridgehead atoms. The van der Waals surface area contributed by atoms with Crippen molar-refractivity contribution in [1.29, 1.82) is 0 Å². The zero-order valence-corrected chi connectivity index (χ0v) is 10.5. The van der Waals surface area contributed by atoms with Crippen molar-refractivity contribution in [3.8, 4) is 0 Å². The second kappa shape index (κ2) is 7.71. The topological polar surface area (TPSA) is 55.1 Å². The molecule has 3 nitrogen and oxygen atoms in total. The molecule has 94 valence electrons. The second-order valence-electron chi connectivity index (χ2n) is 4.29. The molecule has 0 heterocycles. The standard InChI is InChI=1S/C14H22N2O/c1-2-3-4-5-6-10-16-13-9-7-8-12(11-13)14(15)17/h7-9,11,16H,2-6,10H2,1H3,(H2,15,17). The molecule has 0 saturated heterocycles. The van der Waals surface area contributed by atoms with E-state index in [0.29, 0.717) is 5.56 Å². The van der Waals surface area contributed by atoms with E-state index in [4.69, 9.17) is 5.73 Å². The van der Waals surface area contributed by atoms with Crippen LogP contribution < -0.4 is 11.1 Å². The van der Waals surface area contributed by atoms with Gasteiger partial charge in [-0.1, -0.05) is 38.7 Å². The lowest BCUT2D eigenvalue weighted by Crippen LogP contribution is -2.11. The van der Waals surface area contributed by atoms with E-state index >= 15 is 0 Å². The summed E-state index contributed by atoms with van der Waals surface area (Å²) >= 11 is 0. The van der Waals surface area contributed by atoms with Crippen molar-refractivity contribution >= 4 is 11.6 Å². The van der Waals surface area contributed by atoms with Gasteiger partial charge in [0, 0.05) is 17.8 Å². The van der Waals surface area contributed by atoms with Gasteiger partial charge < -0.3 is 11.1 Å². The Hall–Kier alpha value is -1.51. The van der Waals surface area contributed by atoms with E-state index < -0.39 is 0 Å². The Morgan fingerprint density at radius 2 is 2.00 bits per heavy atom. The van der Waals surface area contributed by atoms with E-state index in [-0.39, 0.29) is 5.91 Å². The number of nitrogens with one attached hydrogen (secondary N) is 1. The van der Waals surface area contributed by atoms with Gasteiger partial charge >= 0.3 is 0 Å². The molecular weight excluding hydrogens is 212 g/mol. The Kier molecular flexibility index (Phi) is 6.15. The molecule has 0 unspecified atom stereocenters. The monoisotopic (exact) mass is 234 g/mol. The first-order valence-corrected chi connectivity index (χ1v) is 6.37. The fraction of sp³-hybridized carbons (Fsp3) is 0.500. The van der Waals surface area contributed by atoms with Crippen LogP contribution in [-0.2, 0) is 0 Å². The van der Waals surface area contributed by atoms with E-state index in [1.54, 1.807) is 12.1 Å². The lowest BCUT2D eigenvalue weighted by Gasteiger charge is -2.07. The molecule has 0 atom stereocenters. The van der Waals surface area contributed by atoms with E-state index in [1.165, 1.54) is 32.1 Å². The number of anilines is 1. The van der Waals surface area contributed by atoms with Crippen molar-refractivity contribution in [1.82, 2.24) is 0 Å². The number of carbonyl (C=O) groups is 1. The molecule has 0 aliphatic rings. The summed E-state index contributed by atoms with van der Waals surface area (Å²) in [7, 11) is 0. The van der Waals surface area contributed by atoms with Gasteiger partial charge in [-0.15, -0.1) is 0 Å². The highest BCUT2D eigenvalue weighted by Crippen LogP contribution is 2.10. The Balaban J connectivity index is 2.27. The maximum Gasteiger partial charge on any atom is 0.248 e. The number of amides is 1. The number of rotatable bonds is 8.